The highest BCUT2D eigenvalue weighted by Gasteiger charge is 2.44. The highest BCUT2D eigenvalue weighted by molar-refractivity contribution is 7.13. The van der Waals surface area contributed by atoms with Gasteiger partial charge in [0.05, 0.1) is 28.8 Å². The maximum atomic E-state index is 14.8. The number of carbonyl (C=O) groups is 4. The first kappa shape index (κ1) is 48.6. The number of aryl methyl sites for hydroxylation is 3. The number of thiazole rings is 1. The summed E-state index contributed by atoms with van der Waals surface area (Å²) in [6.45, 7) is 10.7. The molecule has 1 fully saturated rings. The lowest BCUT2D eigenvalue weighted by atomic mass is 9.85. The predicted molar refractivity (Wildman–Crippen MR) is 259 cm³/mol. The number of carbonyl (C=O) groups excluding carboxylic acids is 4. The molecule has 4 amide bonds. The number of amides is 4. The van der Waals surface area contributed by atoms with Crippen LogP contribution in [0, 0.1) is 25.1 Å². The Kier molecular flexibility index (Phi) is 14.9. The number of aromatic nitrogens is 6. The van der Waals surface area contributed by atoms with Crippen molar-refractivity contribution in [1.29, 1.82) is 0 Å². The molecule has 5 N–H and O–H groups in total. The number of aliphatic hydroxyl groups excluding tert-OH is 1. The fourth-order valence-corrected chi connectivity index (χ4v) is 9.64. The molecule has 0 spiro atoms. The van der Waals surface area contributed by atoms with Crippen LogP contribution in [0.2, 0.25) is 0 Å². The number of pyridine rings is 1. The number of halogens is 1. The summed E-state index contributed by atoms with van der Waals surface area (Å²) in [6, 6.07) is 12.9. The minimum atomic E-state index is -0.933. The third-order valence-electron chi connectivity index (χ3n) is 12.6. The summed E-state index contributed by atoms with van der Waals surface area (Å²) < 4.78 is 22.1. The zero-order valence-electron chi connectivity index (χ0n) is 39.5. The molecule has 19 heteroatoms. The third kappa shape index (κ3) is 11.4. The number of hydrogen-bond acceptors (Lipinski definition) is 13. The number of β-amino-alcohol motifs (C(OH)–C–C–N with tert-alkyl or cyclic N) is 1. The number of nitrogens with zero attached hydrogens (tertiary/aromatic N) is 7. The second-order valence-electron chi connectivity index (χ2n) is 18.7. The molecule has 17 nitrogen and oxygen atoms in total. The van der Waals surface area contributed by atoms with Crippen LogP contribution in [-0.2, 0) is 45.1 Å². The number of anilines is 1. The van der Waals surface area contributed by atoms with Crippen molar-refractivity contribution in [3.05, 3.63) is 106 Å². The zero-order chi connectivity index (χ0) is 48.8. The van der Waals surface area contributed by atoms with E-state index in [4.69, 9.17) is 9.72 Å². The summed E-state index contributed by atoms with van der Waals surface area (Å²) in [5.41, 5.74) is 8.99. The van der Waals surface area contributed by atoms with Crippen LogP contribution < -0.4 is 26.0 Å². The average molecular weight is 960 g/mol. The third-order valence-corrected chi connectivity index (χ3v) is 13.6. The van der Waals surface area contributed by atoms with Gasteiger partial charge in [-0.1, -0.05) is 51.1 Å². The molecule has 0 bridgehead atoms. The molecule has 2 aliphatic rings. The predicted octanol–water partition coefficient (Wildman–Crippen LogP) is 5.64. The van der Waals surface area contributed by atoms with Crippen molar-refractivity contribution in [3.8, 4) is 27.3 Å². The van der Waals surface area contributed by atoms with Gasteiger partial charge in [-0.15, -0.1) is 21.5 Å². The molecule has 0 aliphatic carbocycles. The minimum absolute atomic E-state index is 0.0134. The van der Waals surface area contributed by atoms with Gasteiger partial charge in [0, 0.05) is 91.7 Å². The summed E-state index contributed by atoms with van der Waals surface area (Å²) in [5, 5.41) is 31.0. The summed E-state index contributed by atoms with van der Waals surface area (Å²) >= 11 is 1.57. The molecule has 2 aliphatic heterocycles. The second kappa shape index (κ2) is 21.2. The van der Waals surface area contributed by atoms with E-state index in [1.54, 1.807) is 34.3 Å². The molecule has 2 aromatic carbocycles. The number of benzene rings is 2. The lowest BCUT2D eigenvalue weighted by molar-refractivity contribution is -0.144. The lowest BCUT2D eigenvalue weighted by Crippen LogP contribution is -2.57. The number of hydrogen-bond donors (Lipinski definition) is 5. The van der Waals surface area contributed by atoms with Crippen LogP contribution in [0.25, 0.3) is 27.2 Å². The standard InChI is InChI=1S/C50H58FN11O6S/c1-29-35(38-25-55-49(62-27-57-60-46(38)62)54-24-37-36-19-21-68-41(36)17-16-39(37)51)15-13-33(58-29)14-18-42(64)52-20-7-6-8-43(65)59-45(50(3,4)5)48(67)61-26-34(63)22-40(61)47(66)53-23-31-9-11-32(12-10-31)44-30(2)56-28-69-44/h9-13,15-17,25,27-28,34,40,45,63H,6-8,14,18-24,26H2,1-5H3,(H,52,64)(H,53,66)(H,54,55)(H,59,65). The van der Waals surface area contributed by atoms with Crippen molar-refractivity contribution in [2.75, 3.05) is 25.0 Å². The maximum absolute atomic E-state index is 14.8. The van der Waals surface area contributed by atoms with Gasteiger partial charge >= 0.3 is 0 Å². The van der Waals surface area contributed by atoms with E-state index in [-0.39, 0.29) is 62.4 Å². The summed E-state index contributed by atoms with van der Waals surface area (Å²) in [6.07, 6.45) is 4.92. The van der Waals surface area contributed by atoms with Crippen LogP contribution in [0.1, 0.15) is 86.6 Å². The van der Waals surface area contributed by atoms with E-state index >= 15 is 0 Å². The smallest absolute Gasteiger partial charge is 0.246 e. The van der Waals surface area contributed by atoms with Crippen LogP contribution in [0.5, 0.6) is 5.75 Å². The van der Waals surface area contributed by atoms with E-state index in [9.17, 15) is 28.7 Å². The number of unbranched alkanes of at least 4 members (excludes halogenated alkanes) is 1. The SMILES string of the molecule is Cc1nc(CCC(=O)NCCCCC(=O)NC(C(=O)N2CC(O)CC2C(=O)NCc2ccc(-c3scnc3C)cc2)C(C)(C)C)ccc1-c1cnc(NCc2c(F)ccc3c2CCO3)n2cnnc12. The van der Waals surface area contributed by atoms with Crippen molar-refractivity contribution in [2.24, 2.45) is 5.41 Å². The Morgan fingerprint density at radius 3 is 2.51 bits per heavy atom. The summed E-state index contributed by atoms with van der Waals surface area (Å²) in [4.78, 5) is 69.7. The van der Waals surface area contributed by atoms with Gasteiger partial charge in [-0.2, -0.15) is 0 Å². The van der Waals surface area contributed by atoms with Gasteiger partial charge in [0.15, 0.2) is 5.65 Å². The number of fused-ring (bicyclic) bond motifs is 2. The average Bonchev–Trinajstić information content (AvgIpc) is 4.17. The van der Waals surface area contributed by atoms with Crippen molar-refractivity contribution < 1.29 is 33.4 Å². The number of aliphatic hydroxyl groups is 1. The fraction of sp³-hybridized carbons (Fsp3) is 0.420. The molecule has 4 aromatic heterocycles. The van der Waals surface area contributed by atoms with Crippen LogP contribution in [0.4, 0.5) is 10.3 Å². The Labute approximate surface area is 403 Å². The van der Waals surface area contributed by atoms with Gasteiger partial charge < -0.3 is 36.0 Å². The van der Waals surface area contributed by atoms with Gasteiger partial charge in [0.25, 0.3) is 0 Å². The quantitative estimate of drug-likeness (QED) is 0.0662. The molecule has 0 radical (unpaired) electrons. The molecule has 1 saturated heterocycles. The molecule has 3 unspecified atom stereocenters. The molecular formula is C50H58FN11O6S. The first-order chi connectivity index (χ1) is 33.1. The number of likely N-dealkylation sites (tertiary alicyclic amines) is 1. The Bertz CT molecular complexity index is 2840. The van der Waals surface area contributed by atoms with Crippen molar-refractivity contribution in [3.63, 3.8) is 0 Å². The monoisotopic (exact) mass is 959 g/mol. The Balaban J connectivity index is 0.768. The molecule has 3 atom stereocenters. The maximum Gasteiger partial charge on any atom is 0.246 e. The fourth-order valence-electron chi connectivity index (χ4n) is 8.83. The van der Waals surface area contributed by atoms with Crippen molar-refractivity contribution in [2.45, 2.75) is 111 Å². The molecule has 69 heavy (non-hydrogen) atoms. The zero-order valence-corrected chi connectivity index (χ0v) is 40.3. The summed E-state index contributed by atoms with van der Waals surface area (Å²) in [7, 11) is 0. The molecule has 6 heterocycles. The van der Waals surface area contributed by atoms with E-state index in [2.05, 4.69) is 41.4 Å². The summed E-state index contributed by atoms with van der Waals surface area (Å²) in [5.74, 6) is -0.392. The van der Waals surface area contributed by atoms with Gasteiger partial charge in [-0.05, 0) is 67.9 Å². The van der Waals surface area contributed by atoms with E-state index in [1.165, 1.54) is 11.0 Å². The Hall–Kier alpha value is -6.86. The molecule has 362 valence electrons. The van der Waals surface area contributed by atoms with Crippen LogP contribution in [0.3, 0.4) is 0 Å². The van der Waals surface area contributed by atoms with Crippen molar-refractivity contribution >= 4 is 46.6 Å². The largest absolute Gasteiger partial charge is 0.493 e. The highest BCUT2D eigenvalue weighted by atomic mass is 32.1. The second-order valence-corrected chi connectivity index (χ2v) is 19.5. The number of ether oxygens (including phenoxy) is 1. The van der Waals surface area contributed by atoms with E-state index in [0.717, 1.165) is 49.8 Å². The highest BCUT2D eigenvalue weighted by Crippen LogP contribution is 2.33. The van der Waals surface area contributed by atoms with E-state index in [0.29, 0.717) is 61.7 Å². The first-order valence-electron chi connectivity index (χ1n) is 23.3. The number of rotatable bonds is 18. The minimum Gasteiger partial charge on any atom is -0.493 e. The molecular weight excluding hydrogens is 902 g/mol. The molecule has 6 aromatic rings. The lowest BCUT2D eigenvalue weighted by Gasteiger charge is -2.35. The Morgan fingerprint density at radius 2 is 1.75 bits per heavy atom. The molecule has 8 rings (SSSR count). The van der Waals surface area contributed by atoms with E-state index in [1.807, 2.05) is 76.5 Å². The van der Waals surface area contributed by atoms with Crippen molar-refractivity contribution in [1.82, 2.24) is 50.4 Å². The van der Waals surface area contributed by atoms with Gasteiger partial charge in [0.2, 0.25) is 29.6 Å². The van der Waals surface area contributed by atoms with Crippen LogP contribution in [0.15, 0.2) is 66.6 Å². The Morgan fingerprint density at radius 1 is 0.942 bits per heavy atom. The first-order valence-corrected chi connectivity index (χ1v) is 24.2. The van der Waals surface area contributed by atoms with Gasteiger partial charge in [-0.3, -0.25) is 28.6 Å². The van der Waals surface area contributed by atoms with Crippen LogP contribution >= 0.6 is 11.3 Å². The van der Waals surface area contributed by atoms with Gasteiger partial charge in [0.1, 0.15) is 30.0 Å². The molecule has 0 saturated carbocycles. The number of nitrogens with one attached hydrogen (secondary N) is 4. The van der Waals surface area contributed by atoms with Crippen LogP contribution in [-0.4, -0.2) is 101 Å². The topological polar surface area (TPSA) is 218 Å². The van der Waals surface area contributed by atoms with Gasteiger partial charge in [-0.25, -0.2) is 14.4 Å². The normalized spacial score (nSPS) is 16.0. The van der Waals surface area contributed by atoms with E-state index < -0.39 is 29.5 Å².